The van der Waals surface area contributed by atoms with E-state index in [2.05, 4.69) is 34.2 Å². The van der Waals surface area contributed by atoms with Crippen LogP contribution in [-0.2, 0) is 17.6 Å². The van der Waals surface area contributed by atoms with E-state index in [1.165, 1.54) is 18.4 Å². The number of carbonyl (C=O) groups excluding carboxylic acids is 1. The van der Waals surface area contributed by atoms with Crippen LogP contribution in [0.5, 0.6) is 0 Å². The van der Waals surface area contributed by atoms with Crippen LogP contribution in [-0.4, -0.2) is 48.1 Å². The Hall–Kier alpha value is -2.63. The minimum absolute atomic E-state index is 0.0570. The van der Waals surface area contributed by atoms with Gasteiger partial charge in [-0.05, 0) is 31.2 Å². The van der Waals surface area contributed by atoms with Crippen molar-refractivity contribution in [3.63, 3.8) is 0 Å². The molecule has 0 spiro atoms. The molecule has 1 N–H and O–H groups in total. The summed E-state index contributed by atoms with van der Waals surface area (Å²) in [6.45, 7) is 5.26. The first-order chi connectivity index (χ1) is 13.2. The highest BCUT2D eigenvalue weighted by molar-refractivity contribution is 5.82. The lowest BCUT2D eigenvalue weighted by Crippen LogP contribution is -2.55. The molecule has 0 aliphatic carbocycles. The molecule has 6 nitrogen and oxygen atoms in total. The lowest BCUT2D eigenvalue weighted by atomic mass is 10.0. The Morgan fingerprint density at radius 3 is 2.63 bits per heavy atom. The first kappa shape index (κ1) is 17.8. The Labute approximate surface area is 160 Å². The number of anilines is 2. The van der Waals surface area contributed by atoms with Crippen LogP contribution in [0.2, 0.25) is 0 Å². The number of hydrogen-bond acceptors (Lipinski definition) is 5. The molecule has 1 aromatic heterocycles. The lowest BCUT2D eigenvalue weighted by Gasteiger charge is -2.34. The van der Waals surface area contributed by atoms with Crippen molar-refractivity contribution in [2.45, 2.75) is 38.6 Å². The van der Waals surface area contributed by atoms with Gasteiger partial charge in [0.25, 0.3) is 0 Å². The van der Waals surface area contributed by atoms with Gasteiger partial charge in [-0.3, -0.25) is 4.79 Å². The summed E-state index contributed by atoms with van der Waals surface area (Å²) in [5.41, 5.74) is 2.27. The zero-order chi connectivity index (χ0) is 18.6. The summed E-state index contributed by atoms with van der Waals surface area (Å²) in [5, 5.41) is 3.13. The Bertz CT molecular complexity index is 788. The SMILES string of the molecule is CCc1cc(N2CC(=O)N[C@@H](Cc3ccccc3)C2)nc(N2CCCC2)n1. The second-order valence-electron chi connectivity index (χ2n) is 7.40. The van der Waals surface area contributed by atoms with E-state index >= 15 is 0 Å². The topological polar surface area (TPSA) is 61.4 Å². The Morgan fingerprint density at radius 1 is 1.11 bits per heavy atom. The van der Waals surface area contributed by atoms with Crippen LogP contribution < -0.4 is 15.1 Å². The second-order valence-corrected chi connectivity index (χ2v) is 7.40. The van der Waals surface area contributed by atoms with Gasteiger partial charge in [-0.2, -0.15) is 4.98 Å². The number of aromatic nitrogens is 2. The third-order valence-electron chi connectivity index (χ3n) is 5.29. The van der Waals surface area contributed by atoms with Gasteiger partial charge in [-0.15, -0.1) is 0 Å². The van der Waals surface area contributed by atoms with E-state index in [1.807, 2.05) is 24.3 Å². The van der Waals surface area contributed by atoms with Gasteiger partial charge in [0.1, 0.15) is 5.82 Å². The molecule has 2 saturated heterocycles. The Balaban J connectivity index is 1.55. The van der Waals surface area contributed by atoms with Gasteiger partial charge in [-0.25, -0.2) is 4.98 Å². The summed E-state index contributed by atoms with van der Waals surface area (Å²) in [5.74, 6) is 1.74. The molecule has 2 fully saturated rings. The van der Waals surface area contributed by atoms with Crippen molar-refractivity contribution in [2.75, 3.05) is 36.0 Å². The molecule has 6 heteroatoms. The minimum atomic E-state index is 0.0570. The van der Waals surface area contributed by atoms with Crippen molar-refractivity contribution >= 4 is 17.7 Å². The van der Waals surface area contributed by atoms with Gasteiger partial charge in [0.05, 0.1) is 12.6 Å². The van der Waals surface area contributed by atoms with Crippen molar-refractivity contribution < 1.29 is 4.79 Å². The molecular weight excluding hydrogens is 338 g/mol. The van der Waals surface area contributed by atoms with Crippen molar-refractivity contribution in [2.24, 2.45) is 0 Å². The molecule has 1 aromatic carbocycles. The molecule has 4 rings (SSSR count). The normalized spacial score (nSPS) is 20.0. The van der Waals surface area contributed by atoms with Crippen LogP contribution in [0.1, 0.15) is 31.0 Å². The number of hydrogen-bond donors (Lipinski definition) is 1. The smallest absolute Gasteiger partial charge is 0.239 e. The molecule has 2 aromatic rings. The van der Waals surface area contributed by atoms with Crippen LogP contribution in [0.3, 0.4) is 0 Å². The van der Waals surface area contributed by atoms with Crippen LogP contribution in [0, 0.1) is 0 Å². The number of carbonyl (C=O) groups is 1. The fourth-order valence-electron chi connectivity index (χ4n) is 3.88. The van der Waals surface area contributed by atoms with Gasteiger partial charge in [-0.1, -0.05) is 37.3 Å². The second kappa shape index (κ2) is 7.94. The van der Waals surface area contributed by atoms with Crippen molar-refractivity contribution in [3.8, 4) is 0 Å². The first-order valence-electron chi connectivity index (χ1n) is 9.92. The van der Waals surface area contributed by atoms with Gasteiger partial charge < -0.3 is 15.1 Å². The predicted octanol–water partition coefficient (Wildman–Crippen LogP) is 2.19. The first-order valence-corrected chi connectivity index (χ1v) is 9.92. The molecular formula is C21H27N5O. The quantitative estimate of drug-likeness (QED) is 0.880. The Kier molecular flexibility index (Phi) is 5.23. The number of amides is 1. The third kappa shape index (κ3) is 4.21. The molecule has 0 radical (unpaired) electrons. The molecule has 3 heterocycles. The van der Waals surface area contributed by atoms with E-state index in [9.17, 15) is 4.79 Å². The maximum Gasteiger partial charge on any atom is 0.239 e. The molecule has 0 unspecified atom stereocenters. The zero-order valence-corrected chi connectivity index (χ0v) is 15.9. The predicted molar refractivity (Wildman–Crippen MR) is 107 cm³/mol. The van der Waals surface area contributed by atoms with E-state index in [0.29, 0.717) is 6.54 Å². The van der Waals surface area contributed by atoms with Crippen LogP contribution in [0.25, 0.3) is 0 Å². The minimum Gasteiger partial charge on any atom is -0.350 e. The molecule has 1 amide bonds. The molecule has 0 saturated carbocycles. The molecule has 2 aliphatic rings. The summed E-state index contributed by atoms with van der Waals surface area (Å²) in [4.78, 5) is 26.2. The van der Waals surface area contributed by atoms with Gasteiger partial charge in [0, 0.05) is 31.4 Å². The van der Waals surface area contributed by atoms with Crippen molar-refractivity contribution in [1.82, 2.24) is 15.3 Å². The summed E-state index contributed by atoms with van der Waals surface area (Å²) in [7, 11) is 0. The molecule has 27 heavy (non-hydrogen) atoms. The van der Waals surface area contributed by atoms with Crippen LogP contribution >= 0.6 is 0 Å². The average molecular weight is 365 g/mol. The van der Waals surface area contributed by atoms with Crippen LogP contribution in [0.15, 0.2) is 36.4 Å². The summed E-state index contributed by atoms with van der Waals surface area (Å²) >= 11 is 0. The fraction of sp³-hybridized carbons (Fsp3) is 0.476. The number of nitrogens with zero attached hydrogens (tertiary/aromatic N) is 4. The van der Waals surface area contributed by atoms with E-state index in [-0.39, 0.29) is 11.9 Å². The van der Waals surface area contributed by atoms with E-state index in [1.54, 1.807) is 0 Å². The highest BCUT2D eigenvalue weighted by atomic mass is 16.2. The zero-order valence-electron chi connectivity index (χ0n) is 15.9. The molecule has 1 atom stereocenters. The van der Waals surface area contributed by atoms with Crippen LogP contribution in [0.4, 0.5) is 11.8 Å². The highest BCUT2D eigenvalue weighted by Gasteiger charge is 2.27. The third-order valence-corrected chi connectivity index (χ3v) is 5.29. The highest BCUT2D eigenvalue weighted by Crippen LogP contribution is 2.22. The maximum absolute atomic E-state index is 12.3. The van der Waals surface area contributed by atoms with E-state index in [4.69, 9.17) is 9.97 Å². The number of benzene rings is 1. The summed E-state index contributed by atoms with van der Waals surface area (Å²) in [6, 6.07) is 12.4. The van der Waals surface area contributed by atoms with Crippen molar-refractivity contribution in [1.29, 1.82) is 0 Å². The van der Waals surface area contributed by atoms with Gasteiger partial charge >= 0.3 is 0 Å². The fourth-order valence-corrected chi connectivity index (χ4v) is 3.88. The monoisotopic (exact) mass is 365 g/mol. The van der Waals surface area contributed by atoms with Crippen molar-refractivity contribution in [3.05, 3.63) is 47.7 Å². The van der Waals surface area contributed by atoms with Gasteiger partial charge in [0.15, 0.2) is 0 Å². The summed E-state index contributed by atoms with van der Waals surface area (Å²) < 4.78 is 0. The number of piperazine rings is 1. The maximum atomic E-state index is 12.3. The largest absolute Gasteiger partial charge is 0.350 e. The van der Waals surface area contributed by atoms with E-state index in [0.717, 1.165) is 49.9 Å². The molecule has 2 aliphatic heterocycles. The Morgan fingerprint density at radius 2 is 1.89 bits per heavy atom. The number of nitrogens with one attached hydrogen (secondary N) is 1. The van der Waals surface area contributed by atoms with Gasteiger partial charge in [0.2, 0.25) is 11.9 Å². The molecule has 142 valence electrons. The standard InChI is InChI=1S/C21H27N5O/c1-2-17-13-19(24-21(23-17)25-10-6-7-11-25)26-14-18(22-20(27)15-26)12-16-8-4-3-5-9-16/h3-5,8-9,13,18H,2,6-7,10-12,14-15H2,1H3,(H,22,27)/t18-/m0/s1. The number of aryl methyl sites for hydroxylation is 1. The lowest BCUT2D eigenvalue weighted by molar-refractivity contribution is -0.121. The summed E-state index contributed by atoms with van der Waals surface area (Å²) in [6.07, 6.45) is 4.08. The average Bonchev–Trinajstić information content (AvgIpc) is 3.23. The molecule has 0 bridgehead atoms. The number of rotatable bonds is 5. The van der Waals surface area contributed by atoms with E-state index < -0.39 is 0 Å².